The Morgan fingerprint density at radius 3 is 2.03 bits per heavy atom. The number of carbonyl (C=O) groups excluding carboxylic acids is 1. The summed E-state index contributed by atoms with van der Waals surface area (Å²) in [5, 5.41) is 24.2. The van der Waals surface area contributed by atoms with Crippen molar-refractivity contribution in [1.29, 1.82) is 0 Å². The molecule has 31 heavy (non-hydrogen) atoms. The lowest BCUT2D eigenvalue weighted by atomic mass is 10.1. The second-order valence-corrected chi connectivity index (χ2v) is 8.38. The van der Waals surface area contributed by atoms with Crippen LogP contribution >= 0.6 is 0 Å². The van der Waals surface area contributed by atoms with Crippen LogP contribution in [0.4, 0.5) is 17.1 Å². The molecule has 0 radical (unpaired) electrons. The minimum Gasteiger partial charge on any atom is -0.322 e. The van der Waals surface area contributed by atoms with Crippen LogP contribution in [0.2, 0.25) is 0 Å². The minimum atomic E-state index is -4.15. The van der Waals surface area contributed by atoms with Crippen molar-refractivity contribution >= 4 is 32.8 Å². The van der Waals surface area contributed by atoms with Gasteiger partial charge in [-0.3, -0.25) is 25.0 Å². The third kappa shape index (κ3) is 4.41. The highest BCUT2D eigenvalue weighted by Gasteiger charge is 2.25. The molecule has 1 amide bonds. The molecule has 0 saturated carbocycles. The summed E-state index contributed by atoms with van der Waals surface area (Å²) in [6.45, 7) is 1.57. The predicted molar refractivity (Wildman–Crippen MR) is 111 cm³/mol. The summed E-state index contributed by atoms with van der Waals surface area (Å²) in [7, 11) is -4.15. The van der Waals surface area contributed by atoms with Crippen LogP contribution in [0.1, 0.15) is 15.9 Å². The first kappa shape index (κ1) is 21.6. The summed E-state index contributed by atoms with van der Waals surface area (Å²) in [4.78, 5) is 32.8. The Balaban J connectivity index is 1.97. The molecule has 3 rings (SSSR count). The Bertz CT molecular complexity index is 1300. The highest BCUT2D eigenvalue weighted by Crippen LogP contribution is 2.27. The maximum atomic E-state index is 13.1. The van der Waals surface area contributed by atoms with Crippen molar-refractivity contribution in [2.45, 2.75) is 16.7 Å². The number of aryl methyl sites for hydroxylation is 1. The normalized spacial score (nSPS) is 11.0. The number of benzene rings is 3. The summed E-state index contributed by atoms with van der Waals surface area (Å²) in [5.74, 6) is -0.724. The van der Waals surface area contributed by atoms with Gasteiger partial charge in [0.15, 0.2) is 0 Å². The molecule has 10 nitrogen and oxygen atoms in total. The number of nitrogens with one attached hydrogen (secondary N) is 1. The molecule has 0 aromatic heterocycles. The Labute approximate surface area is 176 Å². The standard InChI is InChI=1S/C20H15N3O7S/c1-13-12-15(23(27)28)8-11-18(13)21-20(24)17-4-2-3-5-19(17)31(29,30)16-9-6-14(7-10-16)22(25)26/h2-12H,1H3,(H,21,24). The second-order valence-electron chi connectivity index (χ2n) is 6.46. The quantitative estimate of drug-likeness (QED) is 0.450. The number of rotatable bonds is 6. The lowest BCUT2D eigenvalue weighted by molar-refractivity contribution is -0.385. The van der Waals surface area contributed by atoms with Crippen molar-refractivity contribution in [2.75, 3.05) is 5.32 Å². The van der Waals surface area contributed by atoms with Crippen LogP contribution in [0.25, 0.3) is 0 Å². The molecule has 0 aliphatic heterocycles. The average Bonchev–Trinajstić information content (AvgIpc) is 2.75. The number of nitro groups is 2. The molecule has 0 heterocycles. The Hall–Kier alpha value is -4.12. The average molecular weight is 441 g/mol. The lowest BCUT2D eigenvalue weighted by Gasteiger charge is -2.12. The molecule has 0 atom stereocenters. The lowest BCUT2D eigenvalue weighted by Crippen LogP contribution is -2.17. The van der Waals surface area contributed by atoms with Crippen molar-refractivity contribution in [3.05, 3.63) is 98.1 Å². The Morgan fingerprint density at radius 2 is 1.45 bits per heavy atom. The largest absolute Gasteiger partial charge is 0.322 e. The zero-order valence-electron chi connectivity index (χ0n) is 16.0. The Morgan fingerprint density at radius 1 is 0.871 bits per heavy atom. The van der Waals surface area contributed by atoms with Gasteiger partial charge in [-0.1, -0.05) is 12.1 Å². The summed E-state index contributed by atoms with van der Waals surface area (Å²) in [6.07, 6.45) is 0. The van der Waals surface area contributed by atoms with E-state index in [1.807, 2.05) is 0 Å². The van der Waals surface area contributed by atoms with Crippen molar-refractivity contribution in [3.63, 3.8) is 0 Å². The molecule has 0 fully saturated rings. The van der Waals surface area contributed by atoms with E-state index in [9.17, 15) is 33.4 Å². The number of carbonyl (C=O) groups is 1. The highest BCUT2D eigenvalue weighted by atomic mass is 32.2. The fourth-order valence-electron chi connectivity index (χ4n) is 2.85. The van der Waals surface area contributed by atoms with Crippen LogP contribution < -0.4 is 5.32 Å². The van der Waals surface area contributed by atoms with E-state index in [0.717, 1.165) is 24.3 Å². The summed E-state index contributed by atoms with van der Waals surface area (Å²) in [5.41, 5.74) is 0.172. The molecule has 0 unspecified atom stereocenters. The smallest absolute Gasteiger partial charge is 0.269 e. The van der Waals surface area contributed by atoms with Gasteiger partial charge in [0.25, 0.3) is 17.3 Å². The number of amides is 1. The summed E-state index contributed by atoms with van der Waals surface area (Å²) >= 11 is 0. The third-order valence-electron chi connectivity index (χ3n) is 4.45. The topological polar surface area (TPSA) is 150 Å². The van der Waals surface area contributed by atoms with Gasteiger partial charge in [-0.05, 0) is 42.8 Å². The molecule has 11 heteroatoms. The van der Waals surface area contributed by atoms with Gasteiger partial charge in [-0.15, -0.1) is 0 Å². The minimum absolute atomic E-state index is 0.140. The fraction of sp³-hybridized carbons (Fsp3) is 0.0500. The van der Waals surface area contributed by atoms with Crippen LogP contribution in [0.15, 0.2) is 76.5 Å². The number of nitro benzene ring substituents is 2. The van der Waals surface area contributed by atoms with Crippen LogP contribution in [-0.2, 0) is 9.84 Å². The molecular weight excluding hydrogens is 426 g/mol. The van der Waals surface area contributed by atoms with Gasteiger partial charge >= 0.3 is 0 Å². The maximum absolute atomic E-state index is 13.1. The number of sulfone groups is 1. The first-order chi connectivity index (χ1) is 14.6. The van der Waals surface area contributed by atoms with Crippen LogP contribution in [0.5, 0.6) is 0 Å². The van der Waals surface area contributed by atoms with E-state index < -0.39 is 25.6 Å². The maximum Gasteiger partial charge on any atom is 0.269 e. The SMILES string of the molecule is Cc1cc([N+](=O)[O-])ccc1NC(=O)c1ccccc1S(=O)(=O)c1ccc([N+](=O)[O-])cc1. The summed E-state index contributed by atoms with van der Waals surface area (Å²) < 4.78 is 26.1. The first-order valence-corrected chi connectivity index (χ1v) is 10.2. The number of hydrogen-bond donors (Lipinski definition) is 1. The number of anilines is 1. The zero-order valence-corrected chi connectivity index (χ0v) is 16.8. The fourth-order valence-corrected chi connectivity index (χ4v) is 4.31. The van der Waals surface area contributed by atoms with Crippen LogP contribution in [0, 0.1) is 27.2 Å². The van der Waals surface area contributed by atoms with E-state index in [1.54, 1.807) is 6.92 Å². The number of nitrogens with zero attached hydrogens (tertiary/aromatic N) is 2. The van der Waals surface area contributed by atoms with Gasteiger partial charge in [0.05, 0.1) is 25.2 Å². The molecule has 0 aliphatic carbocycles. The molecular formula is C20H15N3O7S. The summed E-state index contributed by atoms with van der Waals surface area (Å²) in [6, 6.07) is 13.7. The van der Waals surface area contributed by atoms with Gasteiger partial charge in [0.1, 0.15) is 0 Å². The highest BCUT2D eigenvalue weighted by molar-refractivity contribution is 7.91. The van der Waals surface area contributed by atoms with E-state index in [1.165, 1.54) is 42.5 Å². The van der Waals surface area contributed by atoms with E-state index in [0.29, 0.717) is 5.56 Å². The predicted octanol–water partition coefficient (Wildman–Crippen LogP) is 3.90. The molecule has 3 aromatic rings. The van der Waals surface area contributed by atoms with Gasteiger partial charge < -0.3 is 5.32 Å². The monoisotopic (exact) mass is 441 g/mol. The van der Waals surface area contributed by atoms with Crippen molar-refractivity contribution in [1.82, 2.24) is 0 Å². The Kier molecular flexibility index (Phi) is 5.79. The second kappa shape index (κ2) is 8.32. The van der Waals surface area contributed by atoms with E-state index >= 15 is 0 Å². The molecule has 0 saturated heterocycles. The van der Waals surface area contributed by atoms with E-state index in [2.05, 4.69) is 5.32 Å². The molecule has 158 valence electrons. The molecule has 0 aliphatic rings. The van der Waals surface area contributed by atoms with Gasteiger partial charge in [0, 0.05) is 30.0 Å². The van der Waals surface area contributed by atoms with Crippen molar-refractivity contribution in [3.8, 4) is 0 Å². The third-order valence-corrected chi connectivity index (χ3v) is 6.28. The number of hydrogen-bond acceptors (Lipinski definition) is 7. The van der Waals surface area contributed by atoms with E-state index in [4.69, 9.17) is 0 Å². The molecule has 0 bridgehead atoms. The number of non-ortho nitro benzene ring substituents is 2. The molecule has 1 N–H and O–H groups in total. The van der Waals surface area contributed by atoms with Gasteiger partial charge in [-0.25, -0.2) is 8.42 Å². The van der Waals surface area contributed by atoms with Crippen molar-refractivity contribution in [2.24, 2.45) is 0 Å². The van der Waals surface area contributed by atoms with Gasteiger partial charge in [0.2, 0.25) is 9.84 Å². The zero-order chi connectivity index (χ0) is 22.8. The molecule has 0 spiro atoms. The van der Waals surface area contributed by atoms with Crippen LogP contribution in [-0.4, -0.2) is 24.2 Å². The first-order valence-electron chi connectivity index (χ1n) is 8.76. The van der Waals surface area contributed by atoms with Crippen LogP contribution in [0.3, 0.4) is 0 Å². The molecule has 3 aromatic carbocycles. The van der Waals surface area contributed by atoms with Crippen molar-refractivity contribution < 1.29 is 23.1 Å². The van der Waals surface area contributed by atoms with E-state index in [-0.39, 0.29) is 32.4 Å². The van der Waals surface area contributed by atoms with Gasteiger partial charge in [-0.2, -0.15) is 0 Å².